The molecule has 1 amide bonds. The number of phenolic OH excluding ortho intramolecular Hbond substituents is 2. The summed E-state index contributed by atoms with van der Waals surface area (Å²) >= 11 is 5.54. The largest absolute Gasteiger partial charge is 0.508 e. The number of benzene rings is 3. The number of hydrogen-bond acceptors (Lipinski definition) is 11. The molecular formula is C52H59N3O10S. The monoisotopic (exact) mass is 917 g/mol. The standard InChI is InChI=1S/C52H59N3O10S/c1-50-21-19-34(58)25-30(50)7-11-35-37-15-16-40(51(37,2)22-20-38(35)50)43(59)29-63-47(61)18-17-46(60)53-23-5-3-4-6-24-54-49(66)55-31-8-12-39-36(26-31)48(62)65-52(39)41-13-9-32(56)27-44(41)64-45-28-33(57)10-14-42(45)52/h8-10,12-14,25-28,35,37-38,40,56-57H,3-7,11,15-24,29H2,1-2H3,(H,53,60)(H2,54,55,66)/t35-,37-,38-,40+,50-,51-/m0/s1. The Labute approximate surface area is 390 Å². The maximum atomic E-state index is 13.5. The van der Waals surface area contributed by atoms with Crippen LogP contribution < -0.4 is 20.7 Å². The second-order valence-corrected chi connectivity index (χ2v) is 20.1. The third-order valence-corrected chi connectivity index (χ3v) is 16.3. The van der Waals surface area contributed by atoms with E-state index in [1.54, 1.807) is 24.3 Å². The Morgan fingerprint density at radius 3 is 2.21 bits per heavy atom. The molecule has 6 atom stereocenters. The second kappa shape index (κ2) is 18.1. The SMILES string of the molecule is C[C@]12CC[C@H]3[C@@H](CCC4=CC(=O)CC[C@@]43C)[C@@H]1CC[C@@H]2C(=O)COC(=O)CCC(=O)NCCCCCCNC(=S)Nc1ccc2c(c1)C(=O)OC21c2ccc(O)cc2Oc2cc(O)ccc21. The van der Waals surface area contributed by atoms with Crippen molar-refractivity contribution in [1.29, 1.82) is 0 Å². The molecule has 3 aromatic carbocycles. The molecule has 3 aromatic rings. The number of ketones is 2. The third-order valence-electron chi connectivity index (χ3n) is 16.0. The number of ether oxygens (including phenoxy) is 3. The lowest BCUT2D eigenvalue weighted by atomic mass is 9.46. The minimum Gasteiger partial charge on any atom is -0.508 e. The first-order chi connectivity index (χ1) is 31.7. The van der Waals surface area contributed by atoms with Crippen molar-refractivity contribution < 1.29 is 48.4 Å². The van der Waals surface area contributed by atoms with E-state index in [4.69, 9.17) is 26.4 Å². The number of esters is 2. The van der Waals surface area contributed by atoms with Gasteiger partial charge in [-0.3, -0.25) is 19.2 Å². The van der Waals surface area contributed by atoms with E-state index in [-0.39, 0.29) is 65.2 Å². The number of unbranched alkanes of at least 4 members (excludes halogenated alkanes) is 3. The maximum Gasteiger partial charge on any atom is 0.340 e. The molecular weight excluding hydrogens is 859 g/mol. The lowest BCUT2D eigenvalue weighted by Gasteiger charge is -2.58. The molecule has 2 heterocycles. The fraction of sp³-hybridized carbons (Fsp3) is 0.500. The Bertz CT molecular complexity index is 2470. The third kappa shape index (κ3) is 8.34. The summed E-state index contributed by atoms with van der Waals surface area (Å²) in [4.78, 5) is 64.3. The van der Waals surface area contributed by atoms with Crippen LogP contribution in [-0.2, 0) is 34.3 Å². The molecule has 0 saturated heterocycles. The molecule has 0 radical (unpaired) electrons. The van der Waals surface area contributed by atoms with Gasteiger partial charge in [0.15, 0.2) is 22.3 Å². The van der Waals surface area contributed by atoms with E-state index in [2.05, 4.69) is 29.8 Å². The molecule has 13 nitrogen and oxygen atoms in total. The van der Waals surface area contributed by atoms with Crippen LogP contribution in [-0.4, -0.2) is 64.4 Å². The average molecular weight is 918 g/mol. The van der Waals surface area contributed by atoms with Crippen molar-refractivity contribution in [3.63, 3.8) is 0 Å². The number of rotatable bonds is 14. The first-order valence-electron chi connectivity index (χ1n) is 23.7. The highest BCUT2D eigenvalue weighted by molar-refractivity contribution is 7.80. The van der Waals surface area contributed by atoms with Gasteiger partial charge in [0.1, 0.15) is 29.6 Å². The van der Waals surface area contributed by atoms with Crippen molar-refractivity contribution in [3.05, 3.63) is 88.5 Å². The zero-order chi connectivity index (χ0) is 46.4. The molecule has 9 rings (SSSR count). The van der Waals surface area contributed by atoms with Crippen molar-refractivity contribution in [2.45, 2.75) is 109 Å². The van der Waals surface area contributed by atoms with Gasteiger partial charge >= 0.3 is 11.9 Å². The van der Waals surface area contributed by atoms with Gasteiger partial charge in [-0.05, 0) is 141 Å². The van der Waals surface area contributed by atoms with Crippen molar-refractivity contribution >= 4 is 52.4 Å². The molecule has 348 valence electrons. The Morgan fingerprint density at radius 2 is 1.48 bits per heavy atom. The van der Waals surface area contributed by atoms with Crippen LogP contribution in [0.4, 0.5) is 5.69 Å². The van der Waals surface area contributed by atoms with Crippen molar-refractivity contribution in [2.24, 2.45) is 34.5 Å². The van der Waals surface area contributed by atoms with E-state index in [0.29, 0.717) is 81.8 Å². The van der Waals surface area contributed by atoms with Crippen LogP contribution in [0, 0.1) is 34.5 Å². The average Bonchev–Trinajstić information content (AvgIpc) is 3.79. The number of fused-ring (bicyclic) bond motifs is 11. The topological polar surface area (TPSA) is 190 Å². The number of thiocarbonyl (C=S) groups is 1. The predicted octanol–water partition coefficient (Wildman–Crippen LogP) is 8.67. The Balaban J connectivity index is 0.653. The lowest BCUT2D eigenvalue weighted by Crippen LogP contribution is -2.51. The van der Waals surface area contributed by atoms with Crippen LogP contribution in [0.25, 0.3) is 0 Å². The number of anilines is 1. The van der Waals surface area contributed by atoms with E-state index in [1.807, 2.05) is 12.1 Å². The number of amides is 1. The highest BCUT2D eigenvalue weighted by atomic mass is 32.1. The summed E-state index contributed by atoms with van der Waals surface area (Å²) in [6.45, 7) is 5.53. The van der Waals surface area contributed by atoms with Gasteiger partial charge in [-0.15, -0.1) is 0 Å². The summed E-state index contributed by atoms with van der Waals surface area (Å²) in [5.41, 5.74) is 2.63. The van der Waals surface area contributed by atoms with Gasteiger partial charge in [-0.2, -0.15) is 0 Å². The Hall–Kier alpha value is -5.76. The van der Waals surface area contributed by atoms with E-state index in [0.717, 1.165) is 70.6 Å². The quantitative estimate of drug-likeness (QED) is 0.0588. The van der Waals surface area contributed by atoms with Gasteiger partial charge < -0.3 is 40.4 Å². The number of hydrogen-bond donors (Lipinski definition) is 5. The number of carbonyl (C=O) groups is 5. The number of allylic oxidation sites excluding steroid dienone is 1. The van der Waals surface area contributed by atoms with Gasteiger partial charge in [0, 0.05) is 66.4 Å². The Morgan fingerprint density at radius 1 is 0.788 bits per heavy atom. The molecule has 0 bridgehead atoms. The number of Topliss-reactive ketones (excluding diaryl/α,β-unsaturated/α-hetero) is 1. The molecule has 6 aliphatic rings. The fourth-order valence-electron chi connectivity index (χ4n) is 12.7. The highest BCUT2D eigenvalue weighted by Gasteiger charge is 2.60. The maximum absolute atomic E-state index is 13.5. The lowest BCUT2D eigenvalue weighted by molar-refractivity contribution is -0.151. The van der Waals surface area contributed by atoms with Crippen LogP contribution in [0.15, 0.2) is 66.2 Å². The first-order valence-corrected chi connectivity index (χ1v) is 24.1. The predicted molar refractivity (Wildman–Crippen MR) is 249 cm³/mol. The van der Waals surface area contributed by atoms with Crippen LogP contribution in [0.3, 0.4) is 0 Å². The molecule has 4 aliphatic carbocycles. The van der Waals surface area contributed by atoms with Crippen LogP contribution in [0.2, 0.25) is 0 Å². The summed E-state index contributed by atoms with van der Waals surface area (Å²) in [5.74, 6) is 1.02. The summed E-state index contributed by atoms with van der Waals surface area (Å²) in [6.07, 6.45) is 12.8. The molecule has 14 heteroatoms. The van der Waals surface area contributed by atoms with Crippen molar-refractivity contribution in [2.75, 3.05) is 25.0 Å². The smallest absolute Gasteiger partial charge is 0.340 e. The molecule has 2 aliphatic heterocycles. The summed E-state index contributed by atoms with van der Waals surface area (Å²) in [5, 5.41) is 30.0. The summed E-state index contributed by atoms with van der Waals surface area (Å²) < 4.78 is 17.6. The first kappa shape index (κ1) is 45.4. The molecule has 3 fully saturated rings. The molecule has 5 N–H and O–H groups in total. The zero-order valence-corrected chi connectivity index (χ0v) is 38.5. The van der Waals surface area contributed by atoms with E-state index in [1.165, 1.54) is 29.8 Å². The highest BCUT2D eigenvalue weighted by Crippen LogP contribution is 2.67. The van der Waals surface area contributed by atoms with Gasteiger partial charge in [0.05, 0.1) is 12.0 Å². The van der Waals surface area contributed by atoms with E-state index < -0.39 is 17.5 Å². The van der Waals surface area contributed by atoms with Gasteiger partial charge in [0.2, 0.25) is 5.91 Å². The van der Waals surface area contributed by atoms with Gasteiger partial charge in [-0.25, -0.2) is 4.79 Å². The summed E-state index contributed by atoms with van der Waals surface area (Å²) in [6, 6.07) is 14.6. The van der Waals surface area contributed by atoms with Crippen LogP contribution in [0.1, 0.15) is 131 Å². The molecule has 0 unspecified atom stereocenters. The molecule has 66 heavy (non-hydrogen) atoms. The van der Waals surface area contributed by atoms with E-state index in [9.17, 15) is 34.2 Å². The minimum absolute atomic E-state index is 0.00121. The zero-order valence-electron chi connectivity index (χ0n) is 37.7. The number of aromatic hydroxyl groups is 2. The van der Waals surface area contributed by atoms with Crippen LogP contribution in [0.5, 0.6) is 23.0 Å². The van der Waals surface area contributed by atoms with Crippen molar-refractivity contribution in [3.8, 4) is 23.0 Å². The normalized spacial score (nSPS) is 26.2. The second-order valence-electron chi connectivity index (χ2n) is 19.7. The number of carbonyl (C=O) groups excluding carboxylic acids is 5. The fourth-order valence-corrected chi connectivity index (χ4v) is 12.9. The molecule has 0 aromatic heterocycles. The summed E-state index contributed by atoms with van der Waals surface area (Å²) in [7, 11) is 0. The van der Waals surface area contributed by atoms with Gasteiger partial charge in [0.25, 0.3) is 0 Å². The van der Waals surface area contributed by atoms with E-state index >= 15 is 0 Å². The minimum atomic E-state index is -1.34. The van der Waals surface area contributed by atoms with Crippen LogP contribution >= 0.6 is 12.2 Å². The number of phenols is 2. The number of nitrogens with one attached hydrogen (secondary N) is 3. The molecule has 3 saturated carbocycles. The molecule has 1 spiro atoms. The Kier molecular flexibility index (Phi) is 12.5. The van der Waals surface area contributed by atoms with Crippen molar-refractivity contribution in [1.82, 2.24) is 10.6 Å². The van der Waals surface area contributed by atoms with Gasteiger partial charge in [-0.1, -0.05) is 38.3 Å².